The van der Waals surface area contributed by atoms with Crippen LogP contribution in [-0.2, 0) is 0 Å². The number of carbonyl (C=O) groups excluding carboxylic acids is 1. The van der Waals surface area contributed by atoms with Crippen molar-refractivity contribution in [1.82, 2.24) is 10.6 Å². The minimum absolute atomic E-state index is 0.0126. The molecule has 0 heterocycles. The third-order valence-corrected chi connectivity index (χ3v) is 2.23. The second-order valence-corrected chi connectivity index (χ2v) is 3.63. The Morgan fingerprint density at radius 3 is 2.74 bits per heavy atom. The summed E-state index contributed by atoms with van der Waals surface area (Å²) in [5.41, 5.74) is 0.444. The number of rotatable bonds is 7. The van der Waals surface area contributed by atoms with Crippen molar-refractivity contribution < 1.29 is 9.72 Å². The highest BCUT2D eigenvalue weighted by Crippen LogP contribution is 2.22. The minimum atomic E-state index is -0.452. The minimum Gasteiger partial charge on any atom is -0.378 e. The van der Waals surface area contributed by atoms with Gasteiger partial charge in [-0.2, -0.15) is 0 Å². The van der Waals surface area contributed by atoms with E-state index in [1.54, 1.807) is 24.3 Å². The first-order valence-corrected chi connectivity index (χ1v) is 5.75. The molecule has 3 N–H and O–H groups in total. The van der Waals surface area contributed by atoms with E-state index in [0.717, 1.165) is 0 Å². The maximum Gasteiger partial charge on any atom is 0.315 e. The topological polar surface area (TPSA) is 96.3 Å². The molecule has 0 atom stereocenters. The first-order chi connectivity index (χ1) is 9.15. The SMILES string of the molecule is C=CCNC(=O)NCCNc1ccccc1[N+](=O)[O-]. The Hall–Kier alpha value is -2.57. The maximum absolute atomic E-state index is 11.2. The van der Waals surface area contributed by atoms with Crippen LogP contribution >= 0.6 is 0 Å². The van der Waals surface area contributed by atoms with Crippen molar-refractivity contribution in [2.24, 2.45) is 0 Å². The molecule has 1 aromatic carbocycles. The molecule has 1 aromatic rings. The number of nitro groups is 1. The van der Waals surface area contributed by atoms with E-state index in [1.165, 1.54) is 6.07 Å². The largest absolute Gasteiger partial charge is 0.378 e. The zero-order valence-corrected chi connectivity index (χ0v) is 10.4. The van der Waals surface area contributed by atoms with Gasteiger partial charge in [-0.15, -0.1) is 6.58 Å². The summed E-state index contributed by atoms with van der Waals surface area (Å²) in [5, 5.41) is 18.8. The fourth-order valence-corrected chi connectivity index (χ4v) is 1.38. The van der Waals surface area contributed by atoms with E-state index in [1.807, 2.05) is 0 Å². The molecule has 1 rings (SSSR count). The average Bonchev–Trinajstić information content (AvgIpc) is 2.41. The van der Waals surface area contributed by atoms with E-state index in [0.29, 0.717) is 25.3 Å². The average molecular weight is 264 g/mol. The van der Waals surface area contributed by atoms with Gasteiger partial charge >= 0.3 is 6.03 Å². The van der Waals surface area contributed by atoms with Gasteiger partial charge in [0, 0.05) is 25.7 Å². The lowest BCUT2D eigenvalue weighted by molar-refractivity contribution is -0.384. The van der Waals surface area contributed by atoms with Gasteiger partial charge in [-0.05, 0) is 6.07 Å². The Kier molecular flexibility index (Phi) is 5.87. The Bertz CT molecular complexity index is 462. The smallest absolute Gasteiger partial charge is 0.315 e. The van der Waals surface area contributed by atoms with Gasteiger partial charge in [0.25, 0.3) is 5.69 Å². The van der Waals surface area contributed by atoms with Gasteiger partial charge < -0.3 is 16.0 Å². The number of para-hydroxylation sites is 2. The predicted molar refractivity (Wildman–Crippen MR) is 73.2 cm³/mol. The summed E-state index contributed by atoms with van der Waals surface area (Å²) in [5.74, 6) is 0. The Morgan fingerprint density at radius 1 is 1.32 bits per heavy atom. The van der Waals surface area contributed by atoms with E-state index in [9.17, 15) is 14.9 Å². The molecule has 0 aromatic heterocycles. The monoisotopic (exact) mass is 264 g/mol. The van der Waals surface area contributed by atoms with Gasteiger partial charge in [-0.25, -0.2) is 4.79 Å². The Labute approximate surface area is 110 Å². The molecule has 7 heteroatoms. The van der Waals surface area contributed by atoms with E-state index in [-0.39, 0.29) is 11.7 Å². The van der Waals surface area contributed by atoms with Crippen LogP contribution in [0.4, 0.5) is 16.2 Å². The molecule has 19 heavy (non-hydrogen) atoms. The second-order valence-electron chi connectivity index (χ2n) is 3.63. The molecular formula is C12H16N4O3. The van der Waals surface area contributed by atoms with Crippen LogP contribution in [0, 0.1) is 10.1 Å². The Balaban J connectivity index is 2.35. The number of nitrogens with zero attached hydrogens (tertiary/aromatic N) is 1. The second kappa shape index (κ2) is 7.70. The van der Waals surface area contributed by atoms with Crippen molar-refractivity contribution in [1.29, 1.82) is 0 Å². The summed E-state index contributed by atoms with van der Waals surface area (Å²) < 4.78 is 0. The first kappa shape index (κ1) is 14.5. The van der Waals surface area contributed by atoms with Crippen LogP contribution in [-0.4, -0.2) is 30.6 Å². The zero-order valence-electron chi connectivity index (χ0n) is 10.4. The summed E-state index contributed by atoms with van der Waals surface area (Å²) >= 11 is 0. The van der Waals surface area contributed by atoms with Crippen molar-refractivity contribution >= 4 is 17.4 Å². The van der Waals surface area contributed by atoms with Gasteiger partial charge in [-0.1, -0.05) is 18.2 Å². The van der Waals surface area contributed by atoms with Gasteiger partial charge in [0.1, 0.15) is 5.69 Å². The molecule has 0 aliphatic carbocycles. The van der Waals surface area contributed by atoms with Crippen molar-refractivity contribution in [3.05, 3.63) is 47.0 Å². The molecule has 102 valence electrons. The fraction of sp³-hybridized carbons (Fsp3) is 0.250. The number of amides is 2. The molecule has 7 nitrogen and oxygen atoms in total. The number of anilines is 1. The van der Waals surface area contributed by atoms with E-state index in [4.69, 9.17) is 0 Å². The molecule has 0 saturated heterocycles. The Morgan fingerprint density at radius 2 is 2.05 bits per heavy atom. The van der Waals surface area contributed by atoms with Crippen molar-refractivity contribution in [3.8, 4) is 0 Å². The third-order valence-electron chi connectivity index (χ3n) is 2.23. The summed E-state index contributed by atoms with van der Waals surface area (Å²) in [7, 11) is 0. The number of nitro benzene ring substituents is 1. The zero-order chi connectivity index (χ0) is 14.1. The van der Waals surface area contributed by atoms with Crippen LogP contribution < -0.4 is 16.0 Å². The molecule has 0 unspecified atom stereocenters. The highest BCUT2D eigenvalue weighted by Gasteiger charge is 2.11. The fourth-order valence-electron chi connectivity index (χ4n) is 1.38. The van der Waals surface area contributed by atoms with Crippen LogP contribution in [0.25, 0.3) is 0 Å². The van der Waals surface area contributed by atoms with E-state index >= 15 is 0 Å². The summed E-state index contributed by atoms with van der Waals surface area (Å²) in [6.07, 6.45) is 1.57. The normalized spacial score (nSPS) is 9.47. The summed E-state index contributed by atoms with van der Waals surface area (Å²) in [4.78, 5) is 21.5. The molecule has 0 aliphatic rings. The highest BCUT2D eigenvalue weighted by atomic mass is 16.6. The molecule has 2 amide bonds. The summed E-state index contributed by atoms with van der Waals surface area (Å²) in [6, 6.07) is 6.05. The number of nitrogens with one attached hydrogen (secondary N) is 3. The lowest BCUT2D eigenvalue weighted by Gasteiger charge is -2.08. The molecule has 0 spiro atoms. The number of hydrogen-bond donors (Lipinski definition) is 3. The van der Waals surface area contributed by atoms with Gasteiger partial charge in [0.2, 0.25) is 0 Å². The lowest BCUT2D eigenvalue weighted by Crippen LogP contribution is -2.37. The van der Waals surface area contributed by atoms with Crippen LogP contribution in [0.3, 0.4) is 0 Å². The molecule has 0 saturated carbocycles. The number of carbonyl (C=O) groups is 1. The quantitative estimate of drug-likeness (QED) is 0.301. The van der Waals surface area contributed by atoms with Gasteiger partial charge in [-0.3, -0.25) is 10.1 Å². The highest BCUT2D eigenvalue weighted by molar-refractivity contribution is 5.74. The van der Waals surface area contributed by atoms with Crippen molar-refractivity contribution in [2.45, 2.75) is 0 Å². The molecular weight excluding hydrogens is 248 g/mol. The molecule has 0 bridgehead atoms. The molecule has 0 fully saturated rings. The van der Waals surface area contributed by atoms with Crippen LogP contribution in [0.5, 0.6) is 0 Å². The van der Waals surface area contributed by atoms with Crippen molar-refractivity contribution in [2.75, 3.05) is 25.0 Å². The first-order valence-electron chi connectivity index (χ1n) is 5.75. The van der Waals surface area contributed by atoms with Crippen LogP contribution in [0.1, 0.15) is 0 Å². The van der Waals surface area contributed by atoms with Crippen molar-refractivity contribution in [3.63, 3.8) is 0 Å². The molecule has 0 aliphatic heterocycles. The predicted octanol–water partition coefficient (Wildman–Crippen LogP) is 1.49. The van der Waals surface area contributed by atoms with Crippen LogP contribution in [0.2, 0.25) is 0 Å². The number of urea groups is 1. The third kappa shape index (κ3) is 5.07. The number of benzene rings is 1. The van der Waals surface area contributed by atoms with E-state index < -0.39 is 4.92 Å². The molecule has 0 radical (unpaired) electrons. The van der Waals surface area contributed by atoms with Crippen LogP contribution in [0.15, 0.2) is 36.9 Å². The summed E-state index contributed by atoms with van der Waals surface area (Å²) in [6.45, 7) is 4.62. The number of hydrogen-bond acceptors (Lipinski definition) is 4. The van der Waals surface area contributed by atoms with E-state index in [2.05, 4.69) is 22.5 Å². The van der Waals surface area contributed by atoms with Gasteiger partial charge in [0.15, 0.2) is 0 Å². The standard InChI is InChI=1S/C12H16N4O3/c1-2-7-14-12(17)15-9-8-13-10-5-3-4-6-11(10)16(18)19/h2-6,13H,1,7-9H2,(H2,14,15,17). The van der Waals surface area contributed by atoms with Gasteiger partial charge in [0.05, 0.1) is 4.92 Å². The maximum atomic E-state index is 11.2. The lowest BCUT2D eigenvalue weighted by atomic mass is 10.2.